The summed E-state index contributed by atoms with van der Waals surface area (Å²) in [6.07, 6.45) is 6.63. The van der Waals surface area contributed by atoms with E-state index in [2.05, 4.69) is 34.7 Å². The zero-order valence-electron chi connectivity index (χ0n) is 15.4. The molecule has 0 radical (unpaired) electrons. The predicted molar refractivity (Wildman–Crippen MR) is 100 cm³/mol. The molecule has 1 amide bonds. The van der Waals surface area contributed by atoms with E-state index >= 15 is 0 Å². The second-order valence-electron chi connectivity index (χ2n) is 8.02. The summed E-state index contributed by atoms with van der Waals surface area (Å²) in [5, 5.41) is 8.39. The first kappa shape index (κ1) is 16.1. The summed E-state index contributed by atoms with van der Waals surface area (Å²) in [7, 11) is 1.98. The van der Waals surface area contributed by atoms with Crippen LogP contribution < -0.4 is 5.32 Å². The van der Waals surface area contributed by atoms with Crippen LogP contribution in [0.1, 0.15) is 52.1 Å². The molecule has 5 heteroatoms. The van der Waals surface area contributed by atoms with E-state index in [-0.39, 0.29) is 5.91 Å². The van der Waals surface area contributed by atoms with Crippen molar-refractivity contribution in [2.24, 2.45) is 7.05 Å². The molecule has 1 atom stereocenters. The molecule has 5 rings (SSSR count). The third kappa shape index (κ3) is 2.84. The summed E-state index contributed by atoms with van der Waals surface area (Å²) < 4.78 is 1.94. The van der Waals surface area contributed by atoms with Crippen molar-refractivity contribution in [3.8, 4) is 0 Å². The summed E-state index contributed by atoms with van der Waals surface area (Å²) in [6.45, 7) is 1.48. The second kappa shape index (κ2) is 6.23. The van der Waals surface area contributed by atoms with Gasteiger partial charge in [-0.25, -0.2) is 0 Å². The molecule has 136 valence electrons. The molecule has 3 aliphatic rings. The maximum atomic E-state index is 13.3. The molecule has 1 aliphatic heterocycles. The van der Waals surface area contributed by atoms with Crippen molar-refractivity contribution < 1.29 is 4.79 Å². The number of nitrogens with zero attached hydrogens (tertiary/aromatic N) is 3. The maximum absolute atomic E-state index is 13.3. The van der Waals surface area contributed by atoms with Gasteiger partial charge in [0.25, 0.3) is 5.91 Å². The molecule has 1 aromatic carbocycles. The molecule has 2 aliphatic carbocycles. The molecule has 0 spiro atoms. The quantitative estimate of drug-likeness (QED) is 0.924. The Morgan fingerprint density at radius 2 is 1.92 bits per heavy atom. The van der Waals surface area contributed by atoms with E-state index in [4.69, 9.17) is 0 Å². The number of aryl methyl sites for hydroxylation is 1. The fourth-order valence-corrected chi connectivity index (χ4v) is 4.51. The summed E-state index contributed by atoms with van der Waals surface area (Å²) in [5.74, 6) is 0.100. The lowest BCUT2D eigenvalue weighted by Gasteiger charge is -2.29. The van der Waals surface area contributed by atoms with Gasteiger partial charge in [0.15, 0.2) is 5.69 Å². The molecule has 1 aromatic heterocycles. The Morgan fingerprint density at radius 3 is 2.73 bits per heavy atom. The highest BCUT2D eigenvalue weighted by Gasteiger charge is 2.33. The van der Waals surface area contributed by atoms with Gasteiger partial charge >= 0.3 is 0 Å². The SMILES string of the molecule is Cn1nc(C(=O)N2CCc3ccccc3C2)c2c1CCC(NC1CC1)C2. The minimum Gasteiger partial charge on any atom is -0.333 e. The number of aromatic nitrogens is 2. The lowest BCUT2D eigenvalue weighted by atomic mass is 9.90. The highest BCUT2D eigenvalue weighted by Crippen LogP contribution is 2.29. The fourth-order valence-electron chi connectivity index (χ4n) is 4.51. The smallest absolute Gasteiger partial charge is 0.274 e. The van der Waals surface area contributed by atoms with E-state index < -0.39 is 0 Å². The van der Waals surface area contributed by atoms with Gasteiger partial charge < -0.3 is 10.2 Å². The molecule has 2 heterocycles. The molecular formula is C21H26N4O. The molecule has 0 bridgehead atoms. The van der Waals surface area contributed by atoms with Crippen LogP contribution in [0.25, 0.3) is 0 Å². The highest BCUT2D eigenvalue weighted by molar-refractivity contribution is 5.94. The molecule has 1 unspecified atom stereocenters. The van der Waals surface area contributed by atoms with Gasteiger partial charge in [-0.1, -0.05) is 24.3 Å². The Balaban J connectivity index is 1.39. The van der Waals surface area contributed by atoms with Crippen molar-refractivity contribution in [1.29, 1.82) is 0 Å². The number of benzene rings is 1. The van der Waals surface area contributed by atoms with Crippen LogP contribution in [-0.4, -0.2) is 39.2 Å². The van der Waals surface area contributed by atoms with Crippen LogP contribution >= 0.6 is 0 Å². The zero-order chi connectivity index (χ0) is 17.7. The van der Waals surface area contributed by atoms with Crippen molar-refractivity contribution in [3.05, 3.63) is 52.3 Å². The number of hydrogen-bond donors (Lipinski definition) is 1. The first-order valence-electron chi connectivity index (χ1n) is 9.86. The normalized spacial score (nSPS) is 22.0. The molecule has 1 fully saturated rings. The van der Waals surface area contributed by atoms with E-state index in [1.54, 1.807) is 0 Å². The Labute approximate surface area is 154 Å². The van der Waals surface area contributed by atoms with Gasteiger partial charge in [-0.2, -0.15) is 5.10 Å². The summed E-state index contributed by atoms with van der Waals surface area (Å²) >= 11 is 0. The van der Waals surface area contributed by atoms with Gasteiger partial charge in [0, 0.05) is 43.5 Å². The van der Waals surface area contributed by atoms with Crippen LogP contribution in [-0.2, 0) is 32.9 Å². The van der Waals surface area contributed by atoms with Gasteiger partial charge in [0.05, 0.1) is 0 Å². The van der Waals surface area contributed by atoms with Gasteiger partial charge in [-0.3, -0.25) is 9.48 Å². The van der Waals surface area contributed by atoms with Crippen molar-refractivity contribution in [2.45, 2.75) is 57.2 Å². The highest BCUT2D eigenvalue weighted by atomic mass is 16.2. The molecule has 2 aromatic rings. The summed E-state index contributed by atoms with van der Waals surface area (Å²) in [5.41, 5.74) is 5.75. The van der Waals surface area contributed by atoms with Gasteiger partial charge in [0.2, 0.25) is 0 Å². The monoisotopic (exact) mass is 350 g/mol. The van der Waals surface area contributed by atoms with Crippen LogP contribution in [0, 0.1) is 0 Å². The first-order valence-corrected chi connectivity index (χ1v) is 9.86. The fraction of sp³-hybridized carbons (Fsp3) is 0.524. The summed E-state index contributed by atoms with van der Waals surface area (Å²) in [6, 6.07) is 9.65. The molecule has 1 saturated carbocycles. The number of carbonyl (C=O) groups excluding carboxylic acids is 1. The Kier molecular flexibility index (Phi) is 3.85. The van der Waals surface area contributed by atoms with Crippen LogP contribution in [0.15, 0.2) is 24.3 Å². The molecular weight excluding hydrogens is 324 g/mol. The number of carbonyl (C=O) groups is 1. The lowest BCUT2D eigenvalue weighted by molar-refractivity contribution is 0.0726. The van der Waals surface area contributed by atoms with Gasteiger partial charge in [0.1, 0.15) is 0 Å². The van der Waals surface area contributed by atoms with Crippen molar-refractivity contribution in [1.82, 2.24) is 20.0 Å². The summed E-state index contributed by atoms with van der Waals surface area (Å²) in [4.78, 5) is 15.2. The van der Waals surface area contributed by atoms with Crippen LogP contribution in [0.4, 0.5) is 0 Å². The number of nitrogens with one attached hydrogen (secondary N) is 1. The van der Waals surface area contributed by atoms with Gasteiger partial charge in [-0.15, -0.1) is 0 Å². The Morgan fingerprint density at radius 1 is 1.12 bits per heavy atom. The number of rotatable bonds is 3. The van der Waals surface area contributed by atoms with Crippen molar-refractivity contribution in [2.75, 3.05) is 6.54 Å². The third-order valence-corrected chi connectivity index (χ3v) is 6.12. The molecule has 5 nitrogen and oxygen atoms in total. The third-order valence-electron chi connectivity index (χ3n) is 6.12. The average molecular weight is 350 g/mol. The van der Waals surface area contributed by atoms with Crippen LogP contribution in [0.5, 0.6) is 0 Å². The Bertz CT molecular complexity index is 852. The number of fused-ring (bicyclic) bond motifs is 2. The van der Waals surface area contributed by atoms with E-state index in [9.17, 15) is 4.79 Å². The van der Waals surface area contributed by atoms with Crippen LogP contribution in [0.2, 0.25) is 0 Å². The number of hydrogen-bond acceptors (Lipinski definition) is 3. The van der Waals surface area contributed by atoms with Gasteiger partial charge in [-0.05, 0) is 49.7 Å². The van der Waals surface area contributed by atoms with E-state index in [0.29, 0.717) is 24.3 Å². The van der Waals surface area contributed by atoms with Crippen LogP contribution in [0.3, 0.4) is 0 Å². The molecule has 1 N–H and O–H groups in total. The zero-order valence-corrected chi connectivity index (χ0v) is 15.4. The predicted octanol–water partition coefficient (Wildman–Crippen LogP) is 2.23. The maximum Gasteiger partial charge on any atom is 0.274 e. The minimum absolute atomic E-state index is 0.100. The van der Waals surface area contributed by atoms with Crippen molar-refractivity contribution >= 4 is 5.91 Å². The van der Waals surface area contributed by atoms with E-state index in [0.717, 1.165) is 32.2 Å². The van der Waals surface area contributed by atoms with E-state index in [1.807, 2.05) is 16.6 Å². The molecule has 26 heavy (non-hydrogen) atoms. The largest absolute Gasteiger partial charge is 0.333 e. The van der Waals surface area contributed by atoms with Crippen molar-refractivity contribution in [3.63, 3.8) is 0 Å². The minimum atomic E-state index is 0.100. The standard InChI is InChI=1S/C21H26N4O/c1-24-19-9-8-17(22-16-6-7-16)12-18(19)20(23-24)21(26)25-11-10-14-4-2-3-5-15(14)13-25/h2-5,16-17,22H,6-13H2,1H3. The number of amides is 1. The topological polar surface area (TPSA) is 50.2 Å². The average Bonchev–Trinajstić information content (AvgIpc) is 3.43. The Hall–Kier alpha value is -2.14. The first-order chi connectivity index (χ1) is 12.7. The molecule has 0 saturated heterocycles. The second-order valence-corrected chi connectivity index (χ2v) is 8.02. The lowest BCUT2D eigenvalue weighted by Crippen LogP contribution is -2.38. The van der Waals surface area contributed by atoms with E-state index in [1.165, 1.54) is 35.2 Å².